The highest BCUT2D eigenvalue weighted by Crippen LogP contribution is 2.37. The van der Waals surface area contributed by atoms with E-state index in [1.165, 1.54) is 19.1 Å². The number of phenols is 1. The van der Waals surface area contributed by atoms with Gasteiger partial charge in [-0.1, -0.05) is 15.9 Å². The topological polar surface area (TPSA) is 113 Å². The molecule has 0 aromatic heterocycles. The Kier molecular flexibility index (Phi) is 4.69. The molecule has 0 fully saturated rings. The number of amides is 1. The summed E-state index contributed by atoms with van der Waals surface area (Å²) in [7, 11) is 0. The van der Waals surface area contributed by atoms with Crippen molar-refractivity contribution >= 4 is 33.5 Å². The highest BCUT2D eigenvalue weighted by Gasteiger charge is 2.21. The lowest BCUT2D eigenvalue weighted by Gasteiger charge is -2.18. The van der Waals surface area contributed by atoms with E-state index in [0.717, 1.165) is 0 Å². The maximum absolute atomic E-state index is 11.1. The maximum Gasteiger partial charge on any atom is 0.305 e. The van der Waals surface area contributed by atoms with Gasteiger partial charge in [0.2, 0.25) is 5.91 Å². The molecule has 6 nitrogen and oxygen atoms in total. The smallest absolute Gasteiger partial charge is 0.305 e. The van der Waals surface area contributed by atoms with Crippen LogP contribution in [0.1, 0.15) is 24.9 Å². The Morgan fingerprint density at radius 1 is 1.50 bits per heavy atom. The fourth-order valence-electron chi connectivity index (χ4n) is 1.54. The summed E-state index contributed by atoms with van der Waals surface area (Å²) in [5, 5.41) is 20.9. The highest BCUT2D eigenvalue weighted by atomic mass is 79.9. The van der Waals surface area contributed by atoms with Gasteiger partial charge >= 0.3 is 5.97 Å². The zero-order chi connectivity index (χ0) is 13.9. The molecule has 1 aromatic carbocycles. The van der Waals surface area contributed by atoms with Gasteiger partial charge in [-0.25, -0.2) is 0 Å². The number of hydrogen-bond donors (Lipinski definition) is 4. The third kappa shape index (κ3) is 3.44. The van der Waals surface area contributed by atoms with Crippen LogP contribution in [0.5, 0.6) is 5.75 Å². The third-order valence-corrected chi connectivity index (χ3v) is 2.93. The average molecular weight is 317 g/mol. The van der Waals surface area contributed by atoms with Gasteiger partial charge in [0.25, 0.3) is 0 Å². The Labute approximate surface area is 112 Å². The molecule has 1 unspecified atom stereocenters. The van der Waals surface area contributed by atoms with Crippen molar-refractivity contribution in [2.75, 3.05) is 5.32 Å². The van der Waals surface area contributed by atoms with Gasteiger partial charge in [0.05, 0.1) is 12.1 Å². The molecule has 1 atom stereocenters. The summed E-state index contributed by atoms with van der Waals surface area (Å²) in [6.45, 7) is 1.28. The number of carbonyl (C=O) groups excluding carboxylic acids is 1. The van der Waals surface area contributed by atoms with Gasteiger partial charge in [0, 0.05) is 23.0 Å². The number of carboxylic acids is 1. The van der Waals surface area contributed by atoms with Crippen LogP contribution in [0.2, 0.25) is 0 Å². The Hall–Kier alpha value is -1.60. The van der Waals surface area contributed by atoms with Crippen LogP contribution in [-0.4, -0.2) is 22.1 Å². The maximum atomic E-state index is 11.1. The molecule has 18 heavy (non-hydrogen) atoms. The zero-order valence-electron chi connectivity index (χ0n) is 9.61. The van der Waals surface area contributed by atoms with Gasteiger partial charge in [-0.2, -0.15) is 0 Å². The predicted octanol–water partition coefficient (Wildman–Crippen LogP) is 1.59. The molecule has 5 N–H and O–H groups in total. The second kappa shape index (κ2) is 5.83. The lowest BCUT2D eigenvalue weighted by molar-refractivity contribution is -0.137. The van der Waals surface area contributed by atoms with E-state index in [1.54, 1.807) is 0 Å². The molecular formula is C11H13BrN2O4. The first kappa shape index (κ1) is 14.5. The number of phenolic OH excluding ortho intramolecular Hbond substituents is 1. The monoisotopic (exact) mass is 316 g/mol. The van der Waals surface area contributed by atoms with Gasteiger partial charge in [0.15, 0.2) is 0 Å². The molecule has 0 bridgehead atoms. The minimum Gasteiger partial charge on any atom is -0.506 e. The summed E-state index contributed by atoms with van der Waals surface area (Å²) in [6, 6.07) is 2.08. The molecular weight excluding hydrogens is 304 g/mol. The zero-order valence-corrected chi connectivity index (χ0v) is 11.2. The molecule has 0 saturated carbocycles. The summed E-state index contributed by atoms with van der Waals surface area (Å²) in [5.74, 6) is -1.61. The number of aliphatic carboxylic acids is 1. The SMILES string of the molecule is CC(=O)Nc1c(O)ccc(Br)c1C(N)CC(=O)O. The Morgan fingerprint density at radius 3 is 2.61 bits per heavy atom. The van der Waals surface area contributed by atoms with E-state index in [9.17, 15) is 14.7 Å². The highest BCUT2D eigenvalue weighted by molar-refractivity contribution is 9.10. The van der Waals surface area contributed by atoms with E-state index in [1.807, 2.05) is 0 Å². The number of anilines is 1. The van der Waals surface area contributed by atoms with Crippen molar-refractivity contribution in [3.05, 3.63) is 22.2 Å². The summed E-state index contributed by atoms with van der Waals surface area (Å²) in [4.78, 5) is 21.7. The molecule has 0 saturated heterocycles. The first-order valence-corrected chi connectivity index (χ1v) is 5.88. The standard InChI is InChI=1S/C11H13BrN2O4/c1-5(15)14-11-8(16)3-2-6(12)10(11)7(13)4-9(17)18/h2-3,7,16H,4,13H2,1H3,(H,14,15)(H,17,18). The van der Waals surface area contributed by atoms with Crippen LogP contribution in [0.25, 0.3) is 0 Å². The number of benzene rings is 1. The van der Waals surface area contributed by atoms with Crippen molar-refractivity contribution in [2.24, 2.45) is 5.73 Å². The molecule has 0 aliphatic heterocycles. The molecule has 98 valence electrons. The van der Waals surface area contributed by atoms with Crippen molar-refractivity contribution < 1.29 is 19.8 Å². The Morgan fingerprint density at radius 2 is 2.11 bits per heavy atom. The molecule has 1 aromatic rings. The molecule has 1 amide bonds. The fourth-order valence-corrected chi connectivity index (χ4v) is 2.17. The number of nitrogens with one attached hydrogen (secondary N) is 1. The van der Waals surface area contributed by atoms with Crippen molar-refractivity contribution in [3.63, 3.8) is 0 Å². The van der Waals surface area contributed by atoms with Crippen molar-refractivity contribution in [2.45, 2.75) is 19.4 Å². The summed E-state index contributed by atoms with van der Waals surface area (Å²) in [5.41, 5.74) is 6.25. The summed E-state index contributed by atoms with van der Waals surface area (Å²) in [6.07, 6.45) is -0.311. The van der Waals surface area contributed by atoms with Gasteiger partial charge < -0.3 is 21.3 Å². The first-order chi connectivity index (χ1) is 8.32. The number of nitrogens with two attached hydrogens (primary N) is 1. The van der Waals surface area contributed by atoms with Crippen molar-refractivity contribution in [1.29, 1.82) is 0 Å². The van der Waals surface area contributed by atoms with E-state index in [2.05, 4.69) is 21.2 Å². The van der Waals surface area contributed by atoms with E-state index < -0.39 is 12.0 Å². The minimum atomic E-state index is -1.06. The van der Waals surface area contributed by atoms with Crippen molar-refractivity contribution in [3.8, 4) is 5.75 Å². The van der Waals surface area contributed by atoms with E-state index in [0.29, 0.717) is 10.0 Å². The van der Waals surface area contributed by atoms with Crippen LogP contribution in [0.15, 0.2) is 16.6 Å². The van der Waals surface area contributed by atoms with Gasteiger partial charge in [0.1, 0.15) is 5.75 Å². The Bertz CT molecular complexity index is 490. The minimum absolute atomic E-state index is 0.130. The summed E-state index contributed by atoms with van der Waals surface area (Å²) >= 11 is 3.23. The van der Waals surface area contributed by atoms with Crippen LogP contribution >= 0.6 is 15.9 Å². The normalized spacial score (nSPS) is 11.9. The van der Waals surface area contributed by atoms with Crippen molar-refractivity contribution in [1.82, 2.24) is 0 Å². The van der Waals surface area contributed by atoms with Gasteiger partial charge in [-0.05, 0) is 12.1 Å². The molecule has 0 spiro atoms. The van der Waals surface area contributed by atoms with Crippen LogP contribution in [0, 0.1) is 0 Å². The van der Waals surface area contributed by atoms with Gasteiger partial charge in [-0.15, -0.1) is 0 Å². The number of hydrogen-bond acceptors (Lipinski definition) is 4. The number of aromatic hydroxyl groups is 1. The lowest BCUT2D eigenvalue weighted by atomic mass is 10.0. The second-order valence-corrected chi connectivity index (χ2v) is 4.60. The lowest BCUT2D eigenvalue weighted by Crippen LogP contribution is -2.19. The van der Waals surface area contributed by atoms with Crippen LogP contribution in [-0.2, 0) is 9.59 Å². The molecule has 0 radical (unpaired) electrons. The summed E-state index contributed by atoms with van der Waals surface area (Å²) < 4.78 is 0.526. The average Bonchev–Trinajstić information content (AvgIpc) is 2.21. The molecule has 0 aliphatic carbocycles. The molecule has 0 heterocycles. The van der Waals surface area contributed by atoms with E-state index in [-0.39, 0.29) is 23.8 Å². The third-order valence-electron chi connectivity index (χ3n) is 2.24. The second-order valence-electron chi connectivity index (χ2n) is 3.74. The predicted molar refractivity (Wildman–Crippen MR) is 69.3 cm³/mol. The van der Waals surface area contributed by atoms with Crippen LogP contribution in [0.3, 0.4) is 0 Å². The quantitative estimate of drug-likeness (QED) is 0.630. The number of rotatable bonds is 4. The van der Waals surface area contributed by atoms with Crippen LogP contribution in [0.4, 0.5) is 5.69 Å². The fraction of sp³-hybridized carbons (Fsp3) is 0.273. The first-order valence-electron chi connectivity index (χ1n) is 5.09. The van der Waals surface area contributed by atoms with E-state index >= 15 is 0 Å². The molecule has 7 heteroatoms. The van der Waals surface area contributed by atoms with E-state index in [4.69, 9.17) is 10.8 Å². The number of halogens is 1. The van der Waals surface area contributed by atoms with Crippen LogP contribution < -0.4 is 11.1 Å². The number of carbonyl (C=O) groups is 2. The number of carboxylic acid groups (broad SMARTS) is 1. The molecule has 1 rings (SSSR count). The molecule has 0 aliphatic rings. The van der Waals surface area contributed by atoms with Gasteiger partial charge in [-0.3, -0.25) is 9.59 Å². The largest absolute Gasteiger partial charge is 0.506 e. The Balaban J connectivity index is 3.25.